The van der Waals surface area contributed by atoms with Crippen molar-refractivity contribution < 1.29 is 18.9 Å². The lowest BCUT2D eigenvalue weighted by molar-refractivity contribution is 0.283. The largest absolute Gasteiger partial charge is 0.524 e. The molecule has 0 spiro atoms. The second-order valence-corrected chi connectivity index (χ2v) is 3.43. The molecule has 14 heavy (non-hydrogen) atoms. The van der Waals surface area contributed by atoms with E-state index in [1.54, 1.807) is 0 Å². The van der Waals surface area contributed by atoms with Crippen molar-refractivity contribution in [3.05, 3.63) is 34.7 Å². The van der Waals surface area contributed by atoms with Crippen LogP contribution in [0.15, 0.2) is 29.4 Å². The van der Waals surface area contributed by atoms with Crippen LogP contribution in [-0.2, 0) is 4.57 Å². The highest BCUT2D eigenvalue weighted by Crippen LogP contribution is 2.37. The zero-order valence-corrected chi connectivity index (χ0v) is 7.70. The average molecular weight is 215 g/mol. The standard InChI is InChI=1S/C6H6N3O4P/c7-9-8-5-1-3-6(4-2-5)13-14(10,11)12/h1-4H,(H2,10,11,12). The summed E-state index contributed by atoms with van der Waals surface area (Å²) in [7, 11) is -4.52. The molecule has 0 unspecified atom stereocenters. The van der Waals surface area contributed by atoms with Gasteiger partial charge in [0.25, 0.3) is 0 Å². The minimum Gasteiger partial charge on any atom is -0.404 e. The predicted molar refractivity (Wildman–Crippen MR) is 47.9 cm³/mol. The lowest BCUT2D eigenvalue weighted by Gasteiger charge is -2.05. The second kappa shape index (κ2) is 4.13. The molecule has 7 nitrogen and oxygen atoms in total. The van der Waals surface area contributed by atoms with E-state index in [9.17, 15) is 4.57 Å². The fraction of sp³-hybridized carbons (Fsp3) is 0. The lowest BCUT2D eigenvalue weighted by Crippen LogP contribution is -1.88. The SMILES string of the molecule is [N-]=[N+]=Nc1ccc(OP(=O)(O)O)cc1. The van der Waals surface area contributed by atoms with E-state index in [4.69, 9.17) is 15.3 Å². The molecule has 8 heteroatoms. The molecule has 1 rings (SSSR count). The van der Waals surface area contributed by atoms with E-state index >= 15 is 0 Å². The predicted octanol–water partition coefficient (Wildman–Crippen LogP) is 2.10. The van der Waals surface area contributed by atoms with Gasteiger partial charge in [0, 0.05) is 10.6 Å². The van der Waals surface area contributed by atoms with Crippen molar-refractivity contribution in [2.75, 3.05) is 0 Å². The molecule has 0 aliphatic rings. The fourth-order valence-corrected chi connectivity index (χ4v) is 1.16. The van der Waals surface area contributed by atoms with Gasteiger partial charge in [0.05, 0.1) is 0 Å². The topological polar surface area (TPSA) is 116 Å². The molecule has 0 aliphatic carbocycles. The van der Waals surface area contributed by atoms with Gasteiger partial charge < -0.3 is 4.52 Å². The molecule has 0 saturated carbocycles. The van der Waals surface area contributed by atoms with Crippen LogP contribution in [0.1, 0.15) is 0 Å². The van der Waals surface area contributed by atoms with Crippen LogP contribution in [0.5, 0.6) is 5.75 Å². The highest BCUT2D eigenvalue weighted by molar-refractivity contribution is 7.46. The number of phosphoric ester groups is 1. The molecular weight excluding hydrogens is 209 g/mol. The van der Waals surface area contributed by atoms with E-state index in [2.05, 4.69) is 14.5 Å². The number of hydrogen-bond donors (Lipinski definition) is 2. The third-order valence-electron chi connectivity index (χ3n) is 1.22. The van der Waals surface area contributed by atoms with E-state index in [-0.39, 0.29) is 5.75 Å². The monoisotopic (exact) mass is 215 g/mol. The van der Waals surface area contributed by atoms with Crippen LogP contribution in [0.2, 0.25) is 0 Å². The van der Waals surface area contributed by atoms with Crippen LogP contribution in [-0.4, -0.2) is 9.79 Å². The number of phosphoric acid groups is 1. The Balaban J connectivity index is 2.84. The highest BCUT2D eigenvalue weighted by atomic mass is 31.2. The van der Waals surface area contributed by atoms with Crippen molar-refractivity contribution in [1.29, 1.82) is 0 Å². The summed E-state index contributed by atoms with van der Waals surface area (Å²) in [5.41, 5.74) is 8.42. The summed E-state index contributed by atoms with van der Waals surface area (Å²) in [6.45, 7) is 0. The molecule has 74 valence electrons. The Labute approximate surface area is 78.8 Å². The zero-order valence-electron chi connectivity index (χ0n) is 6.81. The smallest absolute Gasteiger partial charge is 0.404 e. The molecule has 1 aromatic rings. The Kier molecular flexibility index (Phi) is 3.11. The molecule has 0 aromatic heterocycles. The van der Waals surface area contributed by atoms with E-state index < -0.39 is 7.82 Å². The van der Waals surface area contributed by atoms with Crippen LogP contribution < -0.4 is 4.52 Å². The number of rotatable bonds is 3. The minimum absolute atomic E-state index is 0.00947. The van der Waals surface area contributed by atoms with Crippen LogP contribution in [0.25, 0.3) is 10.4 Å². The number of azide groups is 1. The molecule has 0 fully saturated rings. The summed E-state index contributed by atoms with van der Waals surface area (Å²) < 4.78 is 14.7. The van der Waals surface area contributed by atoms with Gasteiger partial charge in [0.1, 0.15) is 5.75 Å². The van der Waals surface area contributed by atoms with Crippen LogP contribution in [0.3, 0.4) is 0 Å². The molecule has 0 radical (unpaired) electrons. The molecular formula is C6H6N3O4P. The van der Waals surface area contributed by atoms with Crippen molar-refractivity contribution in [1.82, 2.24) is 0 Å². The Bertz CT molecular complexity index is 406. The first kappa shape index (κ1) is 10.6. The molecule has 0 bridgehead atoms. The first-order chi connectivity index (χ1) is 6.51. The fourth-order valence-electron chi connectivity index (χ4n) is 0.763. The zero-order chi connectivity index (χ0) is 10.6. The normalized spacial score (nSPS) is 10.4. The maximum Gasteiger partial charge on any atom is 0.524 e. The van der Waals surface area contributed by atoms with Gasteiger partial charge in [-0.3, -0.25) is 9.79 Å². The number of benzene rings is 1. The van der Waals surface area contributed by atoms with Crippen molar-refractivity contribution in [2.24, 2.45) is 5.11 Å². The van der Waals surface area contributed by atoms with Crippen molar-refractivity contribution in [2.45, 2.75) is 0 Å². The molecule has 0 aliphatic heterocycles. The lowest BCUT2D eigenvalue weighted by atomic mass is 10.3. The molecule has 0 heterocycles. The van der Waals surface area contributed by atoms with Gasteiger partial charge in [-0.1, -0.05) is 5.11 Å². The highest BCUT2D eigenvalue weighted by Gasteiger charge is 2.15. The van der Waals surface area contributed by atoms with Crippen molar-refractivity contribution in [3.63, 3.8) is 0 Å². The third-order valence-corrected chi connectivity index (χ3v) is 1.67. The van der Waals surface area contributed by atoms with Gasteiger partial charge in [-0.2, -0.15) is 0 Å². The Morgan fingerprint density at radius 1 is 1.36 bits per heavy atom. The molecule has 2 N–H and O–H groups in total. The van der Waals surface area contributed by atoms with Crippen LogP contribution in [0, 0.1) is 0 Å². The number of hydrogen-bond acceptors (Lipinski definition) is 3. The average Bonchev–Trinajstić information content (AvgIpc) is 2.06. The summed E-state index contributed by atoms with van der Waals surface area (Å²) in [6.07, 6.45) is 0. The number of nitrogens with zero attached hydrogens (tertiary/aromatic N) is 3. The molecule has 0 atom stereocenters. The van der Waals surface area contributed by atoms with Crippen molar-refractivity contribution in [3.8, 4) is 5.75 Å². The van der Waals surface area contributed by atoms with Gasteiger partial charge >= 0.3 is 7.82 Å². The maximum absolute atomic E-state index is 10.4. The first-order valence-electron chi connectivity index (χ1n) is 3.41. The minimum atomic E-state index is -4.52. The van der Waals surface area contributed by atoms with Gasteiger partial charge in [0.2, 0.25) is 0 Å². The van der Waals surface area contributed by atoms with Crippen LogP contribution in [0.4, 0.5) is 5.69 Å². The van der Waals surface area contributed by atoms with E-state index in [1.165, 1.54) is 24.3 Å². The van der Waals surface area contributed by atoms with Gasteiger partial charge in [-0.05, 0) is 29.8 Å². The summed E-state index contributed by atoms with van der Waals surface area (Å²) >= 11 is 0. The summed E-state index contributed by atoms with van der Waals surface area (Å²) in [6, 6.07) is 5.35. The maximum atomic E-state index is 10.4. The van der Waals surface area contributed by atoms with E-state index in [1.807, 2.05) is 0 Å². The van der Waals surface area contributed by atoms with Gasteiger partial charge in [-0.25, -0.2) is 4.57 Å². The van der Waals surface area contributed by atoms with Gasteiger partial charge in [-0.15, -0.1) is 0 Å². The molecule has 1 aromatic carbocycles. The van der Waals surface area contributed by atoms with Gasteiger partial charge in [0.15, 0.2) is 0 Å². The Morgan fingerprint density at radius 2 is 1.93 bits per heavy atom. The summed E-state index contributed by atoms with van der Waals surface area (Å²) in [5, 5.41) is 3.28. The van der Waals surface area contributed by atoms with Crippen LogP contribution >= 0.6 is 7.82 Å². The van der Waals surface area contributed by atoms with E-state index in [0.29, 0.717) is 5.69 Å². The quantitative estimate of drug-likeness (QED) is 0.347. The van der Waals surface area contributed by atoms with E-state index in [0.717, 1.165) is 0 Å². The second-order valence-electron chi connectivity index (χ2n) is 2.27. The first-order valence-corrected chi connectivity index (χ1v) is 4.94. The molecule has 0 amide bonds. The third kappa shape index (κ3) is 3.47. The Morgan fingerprint density at radius 3 is 2.36 bits per heavy atom. The van der Waals surface area contributed by atoms with Crippen molar-refractivity contribution >= 4 is 13.5 Å². The summed E-state index contributed by atoms with van der Waals surface area (Å²) in [4.78, 5) is 19.4. The summed E-state index contributed by atoms with van der Waals surface area (Å²) in [5.74, 6) is 0.00947. The molecule has 0 saturated heterocycles. The Hall–Kier alpha value is -1.52.